The van der Waals surface area contributed by atoms with Gasteiger partial charge >= 0.3 is 12.0 Å². The molecule has 0 spiro atoms. The van der Waals surface area contributed by atoms with E-state index in [1.54, 1.807) is 0 Å². The fourth-order valence-electron chi connectivity index (χ4n) is 3.25. The van der Waals surface area contributed by atoms with Crippen LogP contribution in [0.25, 0.3) is 0 Å². The highest BCUT2D eigenvalue weighted by atomic mass is 16.4. The van der Waals surface area contributed by atoms with Gasteiger partial charge in [-0.25, -0.2) is 4.79 Å². The molecule has 3 N–H and O–H groups in total. The summed E-state index contributed by atoms with van der Waals surface area (Å²) in [7, 11) is 2.08. The highest BCUT2D eigenvalue weighted by molar-refractivity contribution is 5.76. The van der Waals surface area contributed by atoms with Crippen LogP contribution in [0.3, 0.4) is 0 Å². The molecule has 3 unspecified atom stereocenters. The molecule has 2 rings (SSSR count). The van der Waals surface area contributed by atoms with Crippen molar-refractivity contribution >= 4 is 12.0 Å². The minimum Gasteiger partial charge on any atom is -0.481 e. The smallest absolute Gasteiger partial charge is 0.315 e. The third-order valence-electron chi connectivity index (χ3n) is 4.44. The zero-order valence-electron chi connectivity index (χ0n) is 12.1. The Kier molecular flexibility index (Phi) is 5.23. The Morgan fingerprint density at radius 2 is 2.00 bits per heavy atom. The van der Waals surface area contributed by atoms with E-state index in [0.29, 0.717) is 18.9 Å². The molecule has 2 fully saturated rings. The number of carboxylic acids is 1. The van der Waals surface area contributed by atoms with E-state index < -0.39 is 11.9 Å². The van der Waals surface area contributed by atoms with Gasteiger partial charge in [-0.1, -0.05) is 12.8 Å². The van der Waals surface area contributed by atoms with Gasteiger partial charge in [0.15, 0.2) is 0 Å². The summed E-state index contributed by atoms with van der Waals surface area (Å²) in [6.07, 6.45) is 4.45. The number of amides is 2. The summed E-state index contributed by atoms with van der Waals surface area (Å²) in [5, 5.41) is 14.9. The second-order valence-corrected chi connectivity index (χ2v) is 6.11. The lowest BCUT2D eigenvalue weighted by Crippen LogP contribution is -2.49. The molecular formula is C14H25N3O3. The van der Waals surface area contributed by atoms with Crippen molar-refractivity contribution in [3.05, 3.63) is 0 Å². The summed E-state index contributed by atoms with van der Waals surface area (Å²) in [6.45, 7) is 2.76. The summed E-state index contributed by atoms with van der Waals surface area (Å²) < 4.78 is 0. The maximum Gasteiger partial charge on any atom is 0.315 e. The Bertz CT molecular complexity index is 362. The van der Waals surface area contributed by atoms with Crippen LogP contribution in [-0.2, 0) is 4.79 Å². The molecule has 1 heterocycles. The topological polar surface area (TPSA) is 81.7 Å². The quantitative estimate of drug-likeness (QED) is 0.715. The van der Waals surface area contributed by atoms with E-state index in [4.69, 9.17) is 0 Å². The standard InChI is InChI=1S/C14H25N3O3/c1-17-7-6-10(9-17)8-15-14(20)16-12-5-3-2-4-11(12)13(18)19/h10-12H,2-9H2,1H3,(H,18,19)(H2,15,16,20). The predicted molar refractivity (Wildman–Crippen MR) is 75.5 cm³/mol. The number of likely N-dealkylation sites (tertiary alicyclic amines) is 1. The molecular weight excluding hydrogens is 258 g/mol. The molecule has 0 aromatic carbocycles. The van der Waals surface area contributed by atoms with Gasteiger partial charge in [0.05, 0.1) is 5.92 Å². The zero-order chi connectivity index (χ0) is 14.5. The lowest BCUT2D eigenvalue weighted by Gasteiger charge is -2.29. The van der Waals surface area contributed by atoms with Crippen molar-refractivity contribution in [1.82, 2.24) is 15.5 Å². The highest BCUT2D eigenvalue weighted by Crippen LogP contribution is 2.24. The fourth-order valence-corrected chi connectivity index (χ4v) is 3.25. The molecule has 2 aliphatic rings. The van der Waals surface area contributed by atoms with E-state index >= 15 is 0 Å². The number of nitrogens with one attached hydrogen (secondary N) is 2. The molecule has 2 amide bonds. The highest BCUT2D eigenvalue weighted by Gasteiger charge is 2.31. The Morgan fingerprint density at radius 1 is 1.25 bits per heavy atom. The minimum absolute atomic E-state index is 0.224. The Balaban J connectivity index is 1.74. The first-order valence-corrected chi connectivity index (χ1v) is 7.52. The number of carboxylic acid groups (broad SMARTS) is 1. The van der Waals surface area contributed by atoms with Gasteiger partial charge in [-0.15, -0.1) is 0 Å². The van der Waals surface area contributed by atoms with Gasteiger partial charge in [-0.3, -0.25) is 4.79 Å². The summed E-state index contributed by atoms with van der Waals surface area (Å²) in [5.74, 6) is -0.730. The second-order valence-electron chi connectivity index (χ2n) is 6.11. The molecule has 0 aromatic heterocycles. The van der Waals surface area contributed by atoms with Gasteiger partial charge < -0.3 is 20.6 Å². The van der Waals surface area contributed by atoms with Crippen molar-refractivity contribution in [2.45, 2.75) is 38.1 Å². The van der Waals surface area contributed by atoms with Gasteiger partial charge in [0.2, 0.25) is 0 Å². The zero-order valence-corrected chi connectivity index (χ0v) is 12.1. The maximum atomic E-state index is 11.9. The van der Waals surface area contributed by atoms with Gasteiger partial charge in [0.1, 0.15) is 0 Å². The third kappa shape index (κ3) is 4.10. The summed E-state index contributed by atoms with van der Waals surface area (Å²) in [4.78, 5) is 25.3. The van der Waals surface area contributed by atoms with E-state index in [2.05, 4.69) is 22.6 Å². The molecule has 1 aliphatic carbocycles. The monoisotopic (exact) mass is 283 g/mol. The number of urea groups is 1. The number of hydrogen-bond acceptors (Lipinski definition) is 3. The van der Waals surface area contributed by atoms with Crippen LogP contribution in [0.1, 0.15) is 32.1 Å². The summed E-state index contributed by atoms with van der Waals surface area (Å²) in [5.41, 5.74) is 0. The lowest BCUT2D eigenvalue weighted by atomic mass is 9.84. The first-order chi connectivity index (χ1) is 9.56. The van der Waals surface area contributed by atoms with Crippen molar-refractivity contribution < 1.29 is 14.7 Å². The molecule has 20 heavy (non-hydrogen) atoms. The first-order valence-electron chi connectivity index (χ1n) is 7.52. The van der Waals surface area contributed by atoms with Gasteiger partial charge in [0.25, 0.3) is 0 Å². The number of nitrogens with zero attached hydrogens (tertiary/aromatic N) is 1. The van der Waals surface area contributed by atoms with Gasteiger partial charge in [-0.2, -0.15) is 0 Å². The number of rotatable bonds is 4. The van der Waals surface area contributed by atoms with E-state index in [-0.39, 0.29) is 12.1 Å². The van der Waals surface area contributed by atoms with Crippen molar-refractivity contribution in [2.24, 2.45) is 11.8 Å². The van der Waals surface area contributed by atoms with E-state index in [9.17, 15) is 14.7 Å². The molecule has 1 saturated carbocycles. The normalized spacial score (nSPS) is 30.9. The Morgan fingerprint density at radius 3 is 2.65 bits per heavy atom. The van der Waals surface area contributed by atoms with Crippen molar-refractivity contribution in [3.63, 3.8) is 0 Å². The van der Waals surface area contributed by atoms with E-state index in [1.165, 1.54) is 0 Å². The van der Waals surface area contributed by atoms with Crippen LogP contribution in [0.4, 0.5) is 4.79 Å². The molecule has 3 atom stereocenters. The van der Waals surface area contributed by atoms with E-state index in [1.807, 2.05) is 0 Å². The van der Waals surface area contributed by atoms with Crippen LogP contribution in [-0.4, -0.2) is 54.7 Å². The molecule has 114 valence electrons. The SMILES string of the molecule is CN1CCC(CNC(=O)NC2CCCCC2C(=O)O)C1. The number of carbonyl (C=O) groups excluding carboxylic acids is 1. The molecule has 6 nitrogen and oxygen atoms in total. The van der Waals surface area contributed by atoms with E-state index in [0.717, 1.165) is 38.8 Å². The van der Waals surface area contributed by atoms with Crippen LogP contribution in [0.15, 0.2) is 0 Å². The lowest BCUT2D eigenvalue weighted by molar-refractivity contribution is -0.143. The first kappa shape index (κ1) is 15.1. The molecule has 6 heteroatoms. The summed E-state index contributed by atoms with van der Waals surface area (Å²) in [6, 6.07) is -0.454. The van der Waals surface area contributed by atoms with Crippen LogP contribution >= 0.6 is 0 Å². The molecule has 0 radical (unpaired) electrons. The van der Waals surface area contributed by atoms with Crippen LogP contribution in [0.5, 0.6) is 0 Å². The number of carbonyl (C=O) groups is 2. The average molecular weight is 283 g/mol. The average Bonchev–Trinajstić information content (AvgIpc) is 2.83. The van der Waals surface area contributed by atoms with Gasteiger partial charge in [-0.05, 0) is 38.8 Å². The van der Waals surface area contributed by atoms with Crippen LogP contribution in [0.2, 0.25) is 0 Å². The Labute approximate surface area is 119 Å². The largest absolute Gasteiger partial charge is 0.481 e. The van der Waals surface area contributed by atoms with Crippen LogP contribution < -0.4 is 10.6 Å². The molecule has 1 aliphatic heterocycles. The minimum atomic E-state index is -0.799. The predicted octanol–water partition coefficient (Wildman–Crippen LogP) is 0.881. The Hall–Kier alpha value is -1.30. The van der Waals surface area contributed by atoms with Crippen molar-refractivity contribution in [3.8, 4) is 0 Å². The van der Waals surface area contributed by atoms with Crippen molar-refractivity contribution in [2.75, 3.05) is 26.7 Å². The number of aliphatic carboxylic acids is 1. The number of hydrogen-bond donors (Lipinski definition) is 3. The maximum absolute atomic E-state index is 11.9. The van der Waals surface area contributed by atoms with Crippen LogP contribution in [0, 0.1) is 11.8 Å². The second kappa shape index (κ2) is 6.92. The molecule has 1 saturated heterocycles. The van der Waals surface area contributed by atoms with Crippen molar-refractivity contribution in [1.29, 1.82) is 0 Å². The molecule has 0 aromatic rings. The fraction of sp³-hybridized carbons (Fsp3) is 0.857. The third-order valence-corrected chi connectivity index (χ3v) is 4.44. The molecule has 0 bridgehead atoms. The summed E-state index contributed by atoms with van der Waals surface area (Å²) >= 11 is 0. The van der Waals surface area contributed by atoms with Gasteiger partial charge in [0, 0.05) is 19.1 Å².